The monoisotopic (exact) mass is 231 g/mol. The van der Waals surface area contributed by atoms with Crippen molar-refractivity contribution in [3.63, 3.8) is 0 Å². The number of hydrogen-bond donors (Lipinski definition) is 1. The Morgan fingerprint density at radius 1 is 1.18 bits per heavy atom. The molecule has 1 heterocycles. The summed E-state index contributed by atoms with van der Waals surface area (Å²) < 4.78 is 1.96. The Bertz CT molecular complexity index is 505. The molecule has 0 fully saturated rings. The summed E-state index contributed by atoms with van der Waals surface area (Å²) in [7, 11) is 0. The lowest BCUT2D eigenvalue weighted by Crippen LogP contribution is -2.07. The summed E-state index contributed by atoms with van der Waals surface area (Å²) >= 11 is 0. The van der Waals surface area contributed by atoms with E-state index in [1.54, 1.807) is 0 Å². The van der Waals surface area contributed by atoms with Gasteiger partial charge in [0.15, 0.2) is 5.82 Å². The smallest absolute Gasteiger partial charge is 0.158 e. The molecule has 4 heteroatoms. The van der Waals surface area contributed by atoms with Crippen molar-refractivity contribution in [2.45, 2.75) is 33.4 Å². The maximum absolute atomic E-state index is 9.16. The van der Waals surface area contributed by atoms with E-state index in [9.17, 15) is 0 Å². The molecule has 2 rings (SSSR count). The van der Waals surface area contributed by atoms with Gasteiger partial charge in [0.1, 0.15) is 12.4 Å². The van der Waals surface area contributed by atoms with E-state index in [4.69, 9.17) is 5.11 Å². The number of aromatic nitrogens is 3. The number of benzene rings is 1. The average molecular weight is 231 g/mol. The first-order chi connectivity index (χ1) is 8.26. The molecule has 1 N–H and O–H groups in total. The van der Waals surface area contributed by atoms with Crippen molar-refractivity contribution >= 4 is 0 Å². The minimum Gasteiger partial charge on any atom is -0.388 e. The zero-order chi connectivity index (χ0) is 12.3. The molecule has 0 aliphatic rings. The highest BCUT2D eigenvalue weighted by atomic mass is 16.3. The summed E-state index contributed by atoms with van der Waals surface area (Å²) in [5, 5.41) is 17.3. The summed E-state index contributed by atoms with van der Waals surface area (Å²) in [5.74, 6) is 1.54. The number of aliphatic hydroxyl groups excluding tert-OH is 1. The van der Waals surface area contributed by atoms with Gasteiger partial charge in [0.05, 0.1) is 0 Å². The third kappa shape index (κ3) is 2.36. The van der Waals surface area contributed by atoms with Crippen molar-refractivity contribution < 1.29 is 5.11 Å². The number of nitrogens with zero attached hydrogens (tertiary/aromatic N) is 3. The Labute approximate surface area is 101 Å². The normalized spacial score (nSPS) is 10.8. The summed E-state index contributed by atoms with van der Waals surface area (Å²) in [6.45, 7) is 4.84. The average Bonchev–Trinajstić information content (AvgIpc) is 2.74. The number of rotatable bonds is 4. The summed E-state index contributed by atoms with van der Waals surface area (Å²) in [5.41, 5.74) is 2.50. The molecule has 0 amide bonds. The van der Waals surface area contributed by atoms with Gasteiger partial charge in [-0.2, -0.15) is 0 Å². The van der Waals surface area contributed by atoms with Crippen molar-refractivity contribution in [2.24, 2.45) is 0 Å². The first-order valence-corrected chi connectivity index (χ1v) is 5.82. The third-order valence-electron chi connectivity index (χ3n) is 2.97. The SMILES string of the molecule is CCn1c(CO)nnc1Cc1ccccc1C. The number of aryl methyl sites for hydroxylation is 1. The summed E-state index contributed by atoms with van der Waals surface area (Å²) in [6.07, 6.45) is 0.757. The Morgan fingerprint density at radius 3 is 2.53 bits per heavy atom. The maximum atomic E-state index is 9.16. The quantitative estimate of drug-likeness (QED) is 0.871. The molecule has 1 aromatic carbocycles. The molecule has 0 atom stereocenters. The maximum Gasteiger partial charge on any atom is 0.158 e. The molecule has 0 saturated carbocycles. The van der Waals surface area contributed by atoms with Crippen LogP contribution in [0.25, 0.3) is 0 Å². The van der Waals surface area contributed by atoms with Gasteiger partial charge in [0.25, 0.3) is 0 Å². The minimum atomic E-state index is -0.0609. The fraction of sp³-hybridized carbons (Fsp3) is 0.385. The van der Waals surface area contributed by atoms with Crippen molar-refractivity contribution in [1.82, 2.24) is 14.8 Å². The van der Waals surface area contributed by atoms with Crippen LogP contribution in [-0.2, 0) is 19.6 Å². The highest BCUT2D eigenvalue weighted by Crippen LogP contribution is 2.13. The lowest BCUT2D eigenvalue weighted by Gasteiger charge is -2.07. The van der Waals surface area contributed by atoms with Crippen LogP contribution in [-0.4, -0.2) is 19.9 Å². The molecule has 4 nitrogen and oxygen atoms in total. The number of hydrogen-bond acceptors (Lipinski definition) is 3. The molecular formula is C13H17N3O. The second-order valence-electron chi connectivity index (χ2n) is 4.04. The lowest BCUT2D eigenvalue weighted by atomic mass is 10.1. The standard InChI is InChI=1S/C13H17N3O/c1-3-16-12(14-15-13(16)9-17)8-11-7-5-4-6-10(11)2/h4-7,17H,3,8-9H2,1-2H3. The van der Waals surface area contributed by atoms with E-state index >= 15 is 0 Å². The molecule has 0 bridgehead atoms. The van der Waals surface area contributed by atoms with E-state index in [0.29, 0.717) is 5.82 Å². The van der Waals surface area contributed by atoms with Gasteiger partial charge in [0, 0.05) is 13.0 Å². The largest absolute Gasteiger partial charge is 0.388 e. The van der Waals surface area contributed by atoms with E-state index in [-0.39, 0.29) is 6.61 Å². The molecule has 0 saturated heterocycles. The Hall–Kier alpha value is -1.68. The molecule has 17 heavy (non-hydrogen) atoms. The van der Waals surface area contributed by atoms with Crippen LogP contribution < -0.4 is 0 Å². The molecule has 0 aliphatic carbocycles. The van der Waals surface area contributed by atoms with Crippen LogP contribution in [0.2, 0.25) is 0 Å². The van der Waals surface area contributed by atoms with Crippen LogP contribution in [0, 0.1) is 6.92 Å². The fourth-order valence-electron chi connectivity index (χ4n) is 1.96. The van der Waals surface area contributed by atoms with Crippen LogP contribution in [0.3, 0.4) is 0 Å². The highest BCUT2D eigenvalue weighted by Gasteiger charge is 2.10. The predicted molar refractivity (Wildman–Crippen MR) is 65.6 cm³/mol. The topological polar surface area (TPSA) is 50.9 Å². The van der Waals surface area contributed by atoms with Crippen molar-refractivity contribution in [1.29, 1.82) is 0 Å². The Morgan fingerprint density at radius 2 is 1.88 bits per heavy atom. The second-order valence-corrected chi connectivity index (χ2v) is 4.04. The molecule has 1 aromatic heterocycles. The molecule has 90 valence electrons. The van der Waals surface area contributed by atoms with E-state index in [1.165, 1.54) is 11.1 Å². The van der Waals surface area contributed by atoms with Crippen LogP contribution in [0.5, 0.6) is 0 Å². The molecule has 2 aromatic rings. The Balaban J connectivity index is 2.30. The second kappa shape index (κ2) is 5.10. The van der Waals surface area contributed by atoms with Gasteiger partial charge in [-0.25, -0.2) is 0 Å². The van der Waals surface area contributed by atoms with Gasteiger partial charge >= 0.3 is 0 Å². The van der Waals surface area contributed by atoms with E-state index < -0.39 is 0 Å². The zero-order valence-electron chi connectivity index (χ0n) is 10.2. The van der Waals surface area contributed by atoms with Crippen LogP contribution in [0.1, 0.15) is 29.7 Å². The van der Waals surface area contributed by atoms with Gasteiger partial charge in [0.2, 0.25) is 0 Å². The highest BCUT2D eigenvalue weighted by molar-refractivity contribution is 5.28. The van der Waals surface area contributed by atoms with Gasteiger partial charge < -0.3 is 9.67 Å². The first kappa shape index (κ1) is 11.8. The fourth-order valence-corrected chi connectivity index (χ4v) is 1.96. The molecule has 0 unspecified atom stereocenters. The predicted octanol–water partition coefficient (Wildman–Crippen LogP) is 1.69. The molecule has 0 radical (unpaired) electrons. The van der Waals surface area contributed by atoms with E-state index in [0.717, 1.165) is 18.8 Å². The van der Waals surface area contributed by atoms with Gasteiger partial charge in [-0.3, -0.25) is 0 Å². The van der Waals surface area contributed by atoms with Gasteiger partial charge in [-0.1, -0.05) is 24.3 Å². The van der Waals surface area contributed by atoms with Crippen LogP contribution >= 0.6 is 0 Å². The number of aliphatic hydroxyl groups is 1. The Kier molecular flexibility index (Phi) is 3.54. The van der Waals surface area contributed by atoms with Gasteiger partial charge in [-0.15, -0.1) is 10.2 Å². The summed E-state index contributed by atoms with van der Waals surface area (Å²) in [6, 6.07) is 8.25. The van der Waals surface area contributed by atoms with E-state index in [2.05, 4.69) is 29.3 Å². The van der Waals surface area contributed by atoms with E-state index in [1.807, 2.05) is 23.6 Å². The molecule has 0 spiro atoms. The van der Waals surface area contributed by atoms with Crippen LogP contribution in [0.4, 0.5) is 0 Å². The van der Waals surface area contributed by atoms with Crippen LogP contribution in [0.15, 0.2) is 24.3 Å². The molecule has 0 aliphatic heterocycles. The summed E-state index contributed by atoms with van der Waals surface area (Å²) in [4.78, 5) is 0. The first-order valence-electron chi connectivity index (χ1n) is 5.82. The van der Waals surface area contributed by atoms with Gasteiger partial charge in [-0.05, 0) is 25.0 Å². The minimum absolute atomic E-state index is 0.0609. The van der Waals surface area contributed by atoms with Crippen molar-refractivity contribution in [2.75, 3.05) is 0 Å². The zero-order valence-corrected chi connectivity index (χ0v) is 10.2. The third-order valence-corrected chi connectivity index (χ3v) is 2.97. The lowest BCUT2D eigenvalue weighted by molar-refractivity contribution is 0.264. The molecular weight excluding hydrogens is 214 g/mol. The van der Waals surface area contributed by atoms with Crippen molar-refractivity contribution in [3.8, 4) is 0 Å². The van der Waals surface area contributed by atoms with Crippen molar-refractivity contribution in [3.05, 3.63) is 47.0 Å².